The SMILES string of the molecule is CCc1ccc(S(=O)(=O)N(C)CCCOC)cc1CO. The Bertz CT molecular complexity index is 528. The second-order valence-electron chi connectivity index (χ2n) is 4.62. The summed E-state index contributed by atoms with van der Waals surface area (Å²) < 4.78 is 31.0. The summed E-state index contributed by atoms with van der Waals surface area (Å²) in [7, 11) is -0.369. The summed E-state index contributed by atoms with van der Waals surface area (Å²) in [5, 5.41) is 9.33. The Hall–Kier alpha value is -0.950. The smallest absolute Gasteiger partial charge is 0.242 e. The molecule has 0 radical (unpaired) electrons. The molecule has 1 N–H and O–H groups in total. The zero-order valence-electron chi connectivity index (χ0n) is 12.3. The lowest BCUT2D eigenvalue weighted by atomic mass is 10.1. The summed E-state index contributed by atoms with van der Waals surface area (Å²) in [6.07, 6.45) is 1.41. The average molecular weight is 301 g/mol. The third-order valence-electron chi connectivity index (χ3n) is 3.26. The van der Waals surface area contributed by atoms with Gasteiger partial charge in [-0.3, -0.25) is 0 Å². The Morgan fingerprint density at radius 2 is 2.00 bits per heavy atom. The summed E-state index contributed by atoms with van der Waals surface area (Å²) in [6.45, 7) is 2.75. The van der Waals surface area contributed by atoms with Crippen LogP contribution in [-0.2, 0) is 27.8 Å². The molecule has 6 heteroatoms. The zero-order chi connectivity index (χ0) is 15.2. The van der Waals surface area contributed by atoms with Gasteiger partial charge in [-0.25, -0.2) is 12.7 Å². The maximum atomic E-state index is 12.4. The van der Waals surface area contributed by atoms with Crippen LogP contribution in [0.1, 0.15) is 24.5 Å². The number of hydrogen-bond acceptors (Lipinski definition) is 4. The Morgan fingerprint density at radius 3 is 2.55 bits per heavy atom. The van der Waals surface area contributed by atoms with Crippen LogP contribution in [0.3, 0.4) is 0 Å². The van der Waals surface area contributed by atoms with Crippen molar-refractivity contribution in [3.05, 3.63) is 29.3 Å². The first kappa shape index (κ1) is 17.1. The molecular weight excluding hydrogens is 278 g/mol. The lowest BCUT2D eigenvalue weighted by molar-refractivity contribution is 0.189. The second kappa shape index (κ2) is 7.73. The molecule has 0 aromatic heterocycles. The topological polar surface area (TPSA) is 66.8 Å². The van der Waals surface area contributed by atoms with Crippen LogP contribution < -0.4 is 0 Å². The van der Waals surface area contributed by atoms with E-state index in [9.17, 15) is 13.5 Å². The Balaban J connectivity index is 2.97. The molecule has 1 rings (SSSR count). The van der Waals surface area contributed by atoms with Crippen molar-refractivity contribution in [2.75, 3.05) is 27.3 Å². The van der Waals surface area contributed by atoms with Crippen LogP contribution in [0, 0.1) is 0 Å². The van der Waals surface area contributed by atoms with Gasteiger partial charge in [0.05, 0.1) is 11.5 Å². The van der Waals surface area contributed by atoms with Crippen LogP contribution in [0.4, 0.5) is 0 Å². The molecule has 0 amide bonds. The quantitative estimate of drug-likeness (QED) is 0.737. The van der Waals surface area contributed by atoms with Gasteiger partial charge in [0, 0.05) is 27.3 Å². The van der Waals surface area contributed by atoms with Gasteiger partial charge in [-0.05, 0) is 36.1 Å². The van der Waals surface area contributed by atoms with E-state index in [4.69, 9.17) is 4.74 Å². The standard InChI is InChI=1S/C14H23NO4S/c1-4-12-6-7-14(10-13(12)11-16)20(17,18)15(2)8-5-9-19-3/h6-7,10,16H,4-5,8-9,11H2,1-3H3. The first-order valence-electron chi connectivity index (χ1n) is 6.65. The summed E-state index contributed by atoms with van der Waals surface area (Å²) in [6, 6.07) is 4.92. The van der Waals surface area contributed by atoms with E-state index in [1.807, 2.05) is 6.92 Å². The molecule has 0 aliphatic rings. The summed E-state index contributed by atoms with van der Waals surface area (Å²) in [5.41, 5.74) is 1.63. The lowest BCUT2D eigenvalue weighted by Gasteiger charge is -2.18. The molecule has 0 atom stereocenters. The second-order valence-corrected chi connectivity index (χ2v) is 6.66. The first-order chi connectivity index (χ1) is 9.47. The number of sulfonamides is 1. The molecule has 0 saturated carbocycles. The van der Waals surface area contributed by atoms with Gasteiger partial charge < -0.3 is 9.84 Å². The highest BCUT2D eigenvalue weighted by Crippen LogP contribution is 2.20. The van der Waals surface area contributed by atoms with Crippen molar-refractivity contribution in [1.29, 1.82) is 0 Å². The fraction of sp³-hybridized carbons (Fsp3) is 0.571. The minimum Gasteiger partial charge on any atom is -0.392 e. The monoisotopic (exact) mass is 301 g/mol. The van der Waals surface area contributed by atoms with E-state index in [1.165, 1.54) is 4.31 Å². The van der Waals surface area contributed by atoms with E-state index < -0.39 is 10.0 Å². The van der Waals surface area contributed by atoms with Crippen molar-refractivity contribution in [3.63, 3.8) is 0 Å². The molecule has 114 valence electrons. The average Bonchev–Trinajstić information content (AvgIpc) is 2.46. The van der Waals surface area contributed by atoms with Gasteiger partial charge >= 0.3 is 0 Å². The molecule has 0 aliphatic carbocycles. The van der Waals surface area contributed by atoms with E-state index in [0.717, 1.165) is 12.0 Å². The number of methoxy groups -OCH3 is 1. The molecule has 0 saturated heterocycles. The number of benzene rings is 1. The van der Waals surface area contributed by atoms with Crippen LogP contribution in [0.2, 0.25) is 0 Å². The lowest BCUT2D eigenvalue weighted by Crippen LogP contribution is -2.28. The van der Waals surface area contributed by atoms with Crippen LogP contribution in [0.25, 0.3) is 0 Å². The number of aliphatic hydroxyl groups excluding tert-OH is 1. The molecular formula is C14H23NO4S. The largest absolute Gasteiger partial charge is 0.392 e. The van der Waals surface area contributed by atoms with Gasteiger partial charge in [0.2, 0.25) is 10.0 Å². The van der Waals surface area contributed by atoms with Gasteiger partial charge in [-0.1, -0.05) is 13.0 Å². The molecule has 0 fully saturated rings. The van der Waals surface area contributed by atoms with Crippen molar-refractivity contribution >= 4 is 10.0 Å². The number of nitrogens with zero attached hydrogens (tertiary/aromatic N) is 1. The maximum absolute atomic E-state index is 12.4. The molecule has 1 aromatic carbocycles. The predicted molar refractivity (Wildman–Crippen MR) is 78.1 cm³/mol. The third kappa shape index (κ3) is 4.02. The Kier molecular flexibility index (Phi) is 6.61. The van der Waals surface area contributed by atoms with Gasteiger partial charge in [0.25, 0.3) is 0 Å². The van der Waals surface area contributed by atoms with Crippen molar-refractivity contribution < 1.29 is 18.3 Å². The highest BCUT2D eigenvalue weighted by molar-refractivity contribution is 7.89. The summed E-state index contributed by atoms with van der Waals surface area (Å²) in [5.74, 6) is 0. The van der Waals surface area contributed by atoms with E-state index in [0.29, 0.717) is 25.1 Å². The number of hydrogen-bond donors (Lipinski definition) is 1. The molecule has 0 aliphatic heterocycles. The normalized spacial score (nSPS) is 12.1. The van der Waals surface area contributed by atoms with Gasteiger partial charge in [0.15, 0.2) is 0 Å². The molecule has 0 unspecified atom stereocenters. The Morgan fingerprint density at radius 1 is 1.30 bits per heavy atom. The van der Waals surface area contributed by atoms with Crippen LogP contribution in [0.5, 0.6) is 0 Å². The van der Waals surface area contributed by atoms with Crippen molar-refractivity contribution in [3.8, 4) is 0 Å². The van der Waals surface area contributed by atoms with Gasteiger partial charge in [-0.15, -0.1) is 0 Å². The highest BCUT2D eigenvalue weighted by atomic mass is 32.2. The highest BCUT2D eigenvalue weighted by Gasteiger charge is 2.21. The minimum absolute atomic E-state index is 0.153. The predicted octanol–water partition coefficient (Wildman–Crippen LogP) is 1.40. The molecule has 0 bridgehead atoms. The van der Waals surface area contributed by atoms with E-state index >= 15 is 0 Å². The van der Waals surface area contributed by atoms with Crippen molar-refractivity contribution in [1.82, 2.24) is 4.31 Å². The zero-order valence-corrected chi connectivity index (χ0v) is 13.1. The third-order valence-corrected chi connectivity index (χ3v) is 5.11. The van der Waals surface area contributed by atoms with Crippen molar-refractivity contribution in [2.45, 2.75) is 31.3 Å². The van der Waals surface area contributed by atoms with Crippen LogP contribution in [0.15, 0.2) is 23.1 Å². The van der Waals surface area contributed by atoms with E-state index in [1.54, 1.807) is 32.4 Å². The minimum atomic E-state index is -3.51. The molecule has 1 aromatic rings. The van der Waals surface area contributed by atoms with Gasteiger partial charge in [0.1, 0.15) is 0 Å². The number of rotatable bonds is 8. The molecule has 5 nitrogen and oxygen atoms in total. The van der Waals surface area contributed by atoms with Crippen LogP contribution >= 0.6 is 0 Å². The summed E-state index contributed by atoms with van der Waals surface area (Å²) >= 11 is 0. The van der Waals surface area contributed by atoms with Crippen molar-refractivity contribution in [2.24, 2.45) is 0 Å². The molecule has 0 heterocycles. The van der Waals surface area contributed by atoms with Crippen LogP contribution in [-0.4, -0.2) is 45.1 Å². The Labute approximate surface area is 121 Å². The number of aliphatic hydroxyl groups is 1. The van der Waals surface area contributed by atoms with E-state index in [2.05, 4.69) is 0 Å². The fourth-order valence-corrected chi connectivity index (χ4v) is 3.25. The first-order valence-corrected chi connectivity index (χ1v) is 8.09. The molecule has 20 heavy (non-hydrogen) atoms. The fourth-order valence-electron chi connectivity index (χ4n) is 1.99. The number of ether oxygens (including phenoxy) is 1. The molecule has 0 spiro atoms. The van der Waals surface area contributed by atoms with Gasteiger partial charge in [-0.2, -0.15) is 0 Å². The number of aryl methyl sites for hydroxylation is 1. The maximum Gasteiger partial charge on any atom is 0.242 e. The van der Waals surface area contributed by atoms with E-state index in [-0.39, 0.29) is 11.5 Å². The summed E-state index contributed by atoms with van der Waals surface area (Å²) in [4.78, 5) is 0.221.